The molecule has 2 aliphatic carbocycles. The lowest BCUT2D eigenvalue weighted by Crippen LogP contribution is -2.43. The molecule has 3 aliphatic rings. The van der Waals surface area contributed by atoms with Crippen LogP contribution < -0.4 is 9.47 Å². The highest BCUT2D eigenvalue weighted by molar-refractivity contribution is 6.42. The van der Waals surface area contributed by atoms with Crippen LogP contribution in [-0.2, 0) is 16.2 Å². The summed E-state index contributed by atoms with van der Waals surface area (Å²) in [4.78, 5) is 29.7. The molecule has 2 aromatic rings. The summed E-state index contributed by atoms with van der Waals surface area (Å²) in [5.41, 5.74) is 4.60. The van der Waals surface area contributed by atoms with E-state index in [1.807, 2.05) is 19.2 Å². The van der Waals surface area contributed by atoms with Crippen LogP contribution in [0.25, 0.3) is 0 Å². The van der Waals surface area contributed by atoms with Crippen molar-refractivity contribution in [2.24, 2.45) is 10.8 Å². The molecule has 40 heavy (non-hydrogen) atoms. The molecular weight excluding hydrogens is 569 g/mol. The highest BCUT2D eigenvalue weighted by Crippen LogP contribution is 2.55. The lowest BCUT2D eigenvalue weighted by atomic mass is 9.63. The molecule has 0 aromatic heterocycles. The summed E-state index contributed by atoms with van der Waals surface area (Å²) in [5.74, 6) is 0.439. The number of hydrogen-bond acceptors (Lipinski definition) is 5. The largest absolute Gasteiger partial charge is 0.493 e. The van der Waals surface area contributed by atoms with Crippen molar-refractivity contribution in [1.29, 1.82) is 0 Å². The Balaban J connectivity index is 1.61. The van der Waals surface area contributed by atoms with E-state index >= 15 is 0 Å². The molecular formula is C32H34Cl3NO4. The molecule has 0 fully saturated rings. The molecule has 2 aromatic carbocycles. The summed E-state index contributed by atoms with van der Waals surface area (Å²) in [6, 6.07) is 8.94. The van der Waals surface area contributed by atoms with Crippen LogP contribution >= 0.6 is 34.8 Å². The van der Waals surface area contributed by atoms with Crippen molar-refractivity contribution in [3.63, 3.8) is 0 Å². The van der Waals surface area contributed by atoms with E-state index in [1.54, 1.807) is 25.3 Å². The van der Waals surface area contributed by atoms with Gasteiger partial charge in [0.05, 0.1) is 22.2 Å². The molecule has 5 nitrogen and oxygen atoms in total. The molecule has 0 N–H and O–H groups in total. The first kappa shape index (κ1) is 29.0. The first-order chi connectivity index (χ1) is 18.7. The summed E-state index contributed by atoms with van der Waals surface area (Å²) >= 11 is 19.0. The summed E-state index contributed by atoms with van der Waals surface area (Å²) in [7, 11) is 3.55. The molecule has 0 atom stereocenters. The molecule has 0 spiro atoms. The number of ether oxygens (including phenoxy) is 2. The van der Waals surface area contributed by atoms with Gasteiger partial charge in [0, 0.05) is 48.3 Å². The van der Waals surface area contributed by atoms with Gasteiger partial charge in [-0.2, -0.15) is 0 Å². The average molecular weight is 603 g/mol. The Morgan fingerprint density at radius 2 is 1.40 bits per heavy atom. The van der Waals surface area contributed by atoms with E-state index in [0.717, 1.165) is 35.4 Å². The van der Waals surface area contributed by atoms with Crippen LogP contribution in [0.15, 0.2) is 52.9 Å². The van der Waals surface area contributed by atoms with Gasteiger partial charge in [-0.1, -0.05) is 68.6 Å². The highest BCUT2D eigenvalue weighted by atomic mass is 35.5. The monoisotopic (exact) mass is 601 g/mol. The van der Waals surface area contributed by atoms with Gasteiger partial charge < -0.3 is 14.4 Å². The number of hydrogen-bond donors (Lipinski definition) is 0. The molecule has 0 radical (unpaired) electrons. The predicted octanol–water partition coefficient (Wildman–Crippen LogP) is 8.55. The van der Waals surface area contributed by atoms with Crippen LogP contribution in [0, 0.1) is 10.8 Å². The Labute approximate surface area is 251 Å². The number of Topliss-reactive ketones (excluding diaryl/α,β-unsaturated/α-hetero) is 2. The number of benzene rings is 2. The Morgan fingerprint density at radius 1 is 0.825 bits per heavy atom. The summed E-state index contributed by atoms with van der Waals surface area (Å²) in [5, 5.41) is 1.24. The van der Waals surface area contributed by atoms with E-state index in [0.29, 0.717) is 50.6 Å². The second-order valence-corrected chi connectivity index (χ2v) is 13.9. The molecule has 0 saturated heterocycles. The number of rotatable bonds is 5. The van der Waals surface area contributed by atoms with Crippen LogP contribution in [0.3, 0.4) is 0 Å². The zero-order valence-corrected chi connectivity index (χ0v) is 26.0. The van der Waals surface area contributed by atoms with E-state index in [2.05, 4.69) is 32.6 Å². The van der Waals surface area contributed by atoms with Gasteiger partial charge in [0.2, 0.25) is 0 Å². The Hall–Kier alpha value is -2.47. The molecule has 0 saturated carbocycles. The second-order valence-electron chi connectivity index (χ2n) is 12.7. The number of carbonyl (C=O) groups excluding carboxylic acids is 2. The van der Waals surface area contributed by atoms with Gasteiger partial charge in [0.15, 0.2) is 23.1 Å². The standard InChI is InChI=1S/C32H34Cl3NO4/c1-31(2)12-22-28(24(37)14-31)27(29-23(36(22)5)13-32(3,4)15-25(29)38)18-10-21(35)30(26(11-18)39-6)40-16-17-7-8-19(33)20(34)9-17/h7-11,27H,12-16H2,1-6H3. The zero-order chi connectivity index (χ0) is 29.1. The van der Waals surface area contributed by atoms with E-state index in [1.165, 1.54) is 0 Å². The van der Waals surface area contributed by atoms with Gasteiger partial charge in [-0.3, -0.25) is 9.59 Å². The first-order valence-electron chi connectivity index (χ1n) is 13.4. The third-order valence-electron chi connectivity index (χ3n) is 8.13. The van der Waals surface area contributed by atoms with E-state index in [-0.39, 0.29) is 29.0 Å². The van der Waals surface area contributed by atoms with Crippen LogP contribution in [0.5, 0.6) is 11.5 Å². The highest BCUT2D eigenvalue weighted by Gasteiger charge is 2.48. The van der Waals surface area contributed by atoms with Crippen molar-refractivity contribution in [2.45, 2.75) is 65.9 Å². The molecule has 5 rings (SSSR count). The van der Waals surface area contributed by atoms with Gasteiger partial charge >= 0.3 is 0 Å². The number of carbonyl (C=O) groups is 2. The Kier molecular flexibility index (Phi) is 7.56. The van der Waals surface area contributed by atoms with Crippen molar-refractivity contribution in [2.75, 3.05) is 14.2 Å². The molecule has 0 unspecified atom stereocenters. The SMILES string of the molecule is COc1cc(C2C3=C(CC(C)(C)CC3=O)N(C)C3=C2C(=O)CC(C)(C)C3)cc(Cl)c1OCc1ccc(Cl)c(Cl)c1. The molecule has 0 bridgehead atoms. The molecule has 0 amide bonds. The second kappa shape index (κ2) is 10.4. The van der Waals surface area contributed by atoms with Crippen molar-refractivity contribution in [1.82, 2.24) is 4.90 Å². The average Bonchev–Trinajstić information content (AvgIpc) is 2.85. The Bertz CT molecular complexity index is 1430. The van der Waals surface area contributed by atoms with Gasteiger partial charge in [-0.25, -0.2) is 0 Å². The maximum absolute atomic E-state index is 13.8. The van der Waals surface area contributed by atoms with Crippen LogP contribution in [0.4, 0.5) is 0 Å². The maximum atomic E-state index is 13.8. The third kappa shape index (κ3) is 5.29. The summed E-state index contributed by atoms with van der Waals surface area (Å²) in [6.07, 6.45) is 2.35. The number of halogens is 3. The van der Waals surface area contributed by atoms with Crippen LogP contribution in [0.1, 0.15) is 70.4 Å². The van der Waals surface area contributed by atoms with Gasteiger partial charge in [0.25, 0.3) is 0 Å². The summed E-state index contributed by atoms with van der Waals surface area (Å²) < 4.78 is 11.8. The van der Waals surface area contributed by atoms with Crippen LogP contribution in [-0.4, -0.2) is 30.6 Å². The molecule has 1 heterocycles. The Morgan fingerprint density at radius 3 is 1.93 bits per heavy atom. The van der Waals surface area contributed by atoms with Crippen molar-refractivity contribution < 1.29 is 19.1 Å². The normalized spacial score (nSPS) is 20.5. The van der Waals surface area contributed by atoms with Gasteiger partial charge in [0.1, 0.15) is 6.61 Å². The predicted molar refractivity (Wildman–Crippen MR) is 159 cm³/mol. The minimum Gasteiger partial charge on any atom is -0.493 e. The van der Waals surface area contributed by atoms with Gasteiger partial charge in [-0.05, 0) is 59.1 Å². The van der Waals surface area contributed by atoms with E-state index < -0.39 is 5.92 Å². The quantitative estimate of drug-likeness (QED) is 0.343. The third-order valence-corrected chi connectivity index (χ3v) is 9.15. The lowest BCUT2D eigenvalue weighted by molar-refractivity contribution is -0.119. The number of allylic oxidation sites excluding steroid dienone is 4. The number of ketones is 2. The minimum absolute atomic E-state index is 0.0716. The van der Waals surface area contributed by atoms with Gasteiger partial charge in [-0.15, -0.1) is 0 Å². The van der Waals surface area contributed by atoms with E-state index in [4.69, 9.17) is 44.3 Å². The molecule has 212 valence electrons. The lowest BCUT2D eigenvalue weighted by Gasteiger charge is -2.48. The first-order valence-corrected chi connectivity index (χ1v) is 14.5. The van der Waals surface area contributed by atoms with Crippen molar-refractivity contribution in [3.8, 4) is 11.5 Å². The fourth-order valence-electron chi connectivity index (χ4n) is 6.33. The minimum atomic E-state index is -0.510. The topological polar surface area (TPSA) is 55.8 Å². The van der Waals surface area contributed by atoms with E-state index in [9.17, 15) is 9.59 Å². The maximum Gasteiger partial charge on any atom is 0.180 e. The fourth-order valence-corrected chi connectivity index (χ4v) is 6.92. The van der Waals surface area contributed by atoms with Crippen molar-refractivity contribution in [3.05, 3.63) is 79.1 Å². The fraction of sp³-hybridized carbons (Fsp3) is 0.438. The smallest absolute Gasteiger partial charge is 0.180 e. The zero-order valence-electron chi connectivity index (χ0n) is 23.7. The molecule has 8 heteroatoms. The number of methoxy groups -OCH3 is 1. The van der Waals surface area contributed by atoms with Crippen molar-refractivity contribution >= 4 is 46.4 Å². The number of nitrogens with zero attached hydrogens (tertiary/aromatic N) is 1. The summed E-state index contributed by atoms with van der Waals surface area (Å²) in [6.45, 7) is 8.69. The van der Waals surface area contributed by atoms with Crippen LogP contribution in [0.2, 0.25) is 15.1 Å². The molecule has 1 aliphatic heterocycles.